The molecule has 98 valence electrons. The van der Waals surface area contributed by atoms with Crippen molar-refractivity contribution in [1.29, 1.82) is 0 Å². The normalized spacial score (nSPS) is 18.4. The van der Waals surface area contributed by atoms with Crippen LogP contribution in [0.5, 0.6) is 11.5 Å². The molecule has 5 nitrogen and oxygen atoms in total. The first kappa shape index (κ1) is 12.7. The van der Waals surface area contributed by atoms with Crippen molar-refractivity contribution in [3.63, 3.8) is 0 Å². The van der Waals surface area contributed by atoms with Gasteiger partial charge in [-0.2, -0.15) is 0 Å². The fourth-order valence-corrected chi connectivity index (χ4v) is 1.92. The van der Waals surface area contributed by atoms with E-state index in [2.05, 4.69) is 5.32 Å². The summed E-state index contributed by atoms with van der Waals surface area (Å²) in [5, 5.41) is 2.81. The Hall–Kier alpha value is -1.75. The van der Waals surface area contributed by atoms with Crippen LogP contribution < -0.4 is 14.8 Å². The highest BCUT2D eigenvalue weighted by molar-refractivity contribution is 5.94. The number of rotatable bonds is 4. The highest BCUT2D eigenvalue weighted by atomic mass is 16.5. The molecule has 1 atom stereocenters. The number of amides is 1. The van der Waals surface area contributed by atoms with E-state index < -0.39 is 0 Å². The SMILES string of the molecule is COc1ccc(NC(=O)[C@H]2CCCO2)cc1OC. The van der Waals surface area contributed by atoms with Crippen molar-refractivity contribution in [2.45, 2.75) is 18.9 Å². The number of nitrogens with one attached hydrogen (secondary N) is 1. The number of hydrogen-bond acceptors (Lipinski definition) is 4. The summed E-state index contributed by atoms with van der Waals surface area (Å²) in [6, 6.07) is 5.25. The number of carbonyl (C=O) groups is 1. The minimum Gasteiger partial charge on any atom is -0.493 e. The smallest absolute Gasteiger partial charge is 0.253 e. The summed E-state index contributed by atoms with van der Waals surface area (Å²) in [6.07, 6.45) is 1.38. The predicted molar refractivity (Wildman–Crippen MR) is 67.1 cm³/mol. The molecule has 1 aliphatic rings. The second-order valence-electron chi connectivity index (χ2n) is 4.06. The summed E-state index contributed by atoms with van der Waals surface area (Å²) < 4.78 is 15.6. The molecule has 0 radical (unpaired) electrons. The Bertz CT molecular complexity index is 427. The largest absolute Gasteiger partial charge is 0.493 e. The lowest BCUT2D eigenvalue weighted by molar-refractivity contribution is -0.124. The number of hydrogen-bond donors (Lipinski definition) is 1. The molecule has 18 heavy (non-hydrogen) atoms. The standard InChI is InChI=1S/C13H17NO4/c1-16-10-6-5-9(8-12(10)17-2)14-13(15)11-4-3-7-18-11/h5-6,8,11H,3-4,7H2,1-2H3,(H,14,15)/t11-/m1/s1. The van der Waals surface area contributed by atoms with Gasteiger partial charge in [-0.15, -0.1) is 0 Å². The Morgan fingerprint density at radius 1 is 1.33 bits per heavy atom. The molecule has 1 amide bonds. The molecule has 0 unspecified atom stereocenters. The summed E-state index contributed by atoms with van der Waals surface area (Å²) >= 11 is 0. The van der Waals surface area contributed by atoms with Crippen molar-refractivity contribution in [1.82, 2.24) is 0 Å². The summed E-state index contributed by atoms with van der Waals surface area (Å²) in [6.45, 7) is 0.657. The second-order valence-corrected chi connectivity index (χ2v) is 4.06. The lowest BCUT2D eigenvalue weighted by atomic mass is 10.2. The molecule has 0 aromatic heterocycles. The minimum absolute atomic E-state index is 0.111. The third-order valence-corrected chi connectivity index (χ3v) is 2.87. The van der Waals surface area contributed by atoms with Gasteiger partial charge in [0, 0.05) is 18.4 Å². The molecule has 1 aromatic rings. The first-order valence-corrected chi connectivity index (χ1v) is 5.89. The Labute approximate surface area is 106 Å². The summed E-state index contributed by atoms with van der Waals surface area (Å²) in [5.41, 5.74) is 0.674. The van der Waals surface area contributed by atoms with Gasteiger partial charge in [0.05, 0.1) is 14.2 Å². The van der Waals surface area contributed by atoms with Gasteiger partial charge in [0.2, 0.25) is 0 Å². The minimum atomic E-state index is -0.335. The summed E-state index contributed by atoms with van der Waals surface area (Å²) in [4.78, 5) is 11.9. The van der Waals surface area contributed by atoms with Crippen LogP contribution >= 0.6 is 0 Å². The molecule has 0 saturated carbocycles. The van der Waals surface area contributed by atoms with Crippen molar-refractivity contribution in [3.8, 4) is 11.5 Å². The van der Waals surface area contributed by atoms with Gasteiger partial charge < -0.3 is 19.5 Å². The third-order valence-electron chi connectivity index (χ3n) is 2.87. The molecule has 1 aromatic carbocycles. The molecule has 1 aliphatic heterocycles. The fourth-order valence-electron chi connectivity index (χ4n) is 1.92. The zero-order valence-corrected chi connectivity index (χ0v) is 10.6. The topological polar surface area (TPSA) is 56.8 Å². The average molecular weight is 251 g/mol. The monoisotopic (exact) mass is 251 g/mol. The van der Waals surface area contributed by atoms with Gasteiger partial charge in [0.25, 0.3) is 5.91 Å². The Morgan fingerprint density at radius 2 is 2.11 bits per heavy atom. The summed E-state index contributed by atoms with van der Waals surface area (Å²) in [5.74, 6) is 1.11. The van der Waals surface area contributed by atoms with E-state index in [1.165, 1.54) is 0 Å². The molecule has 1 saturated heterocycles. The quantitative estimate of drug-likeness (QED) is 0.886. The van der Waals surface area contributed by atoms with Gasteiger partial charge in [-0.1, -0.05) is 0 Å². The molecule has 0 bridgehead atoms. The number of carbonyl (C=O) groups excluding carboxylic acids is 1. The van der Waals surface area contributed by atoms with Crippen LogP contribution in [0.25, 0.3) is 0 Å². The predicted octanol–water partition coefficient (Wildman–Crippen LogP) is 1.82. The molecule has 1 fully saturated rings. The first-order chi connectivity index (χ1) is 8.74. The van der Waals surface area contributed by atoms with Crippen LogP contribution in [0.2, 0.25) is 0 Å². The Morgan fingerprint density at radius 3 is 2.72 bits per heavy atom. The highest BCUT2D eigenvalue weighted by Crippen LogP contribution is 2.30. The van der Waals surface area contributed by atoms with E-state index in [0.717, 1.165) is 12.8 Å². The van der Waals surface area contributed by atoms with Crippen LogP contribution in [0.4, 0.5) is 5.69 Å². The van der Waals surface area contributed by atoms with Crippen LogP contribution in [-0.2, 0) is 9.53 Å². The van der Waals surface area contributed by atoms with E-state index in [-0.39, 0.29) is 12.0 Å². The zero-order chi connectivity index (χ0) is 13.0. The average Bonchev–Trinajstić information content (AvgIpc) is 2.92. The van der Waals surface area contributed by atoms with Crippen LogP contribution in [-0.4, -0.2) is 32.8 Å². The van der Waals surface area contributed by atoms with Gasteiger partial charge in [0.15, 0.2) is 11.5 Å². The maximum Gasteiger partial charge on any atom is 0.253 e. The Balaban J connectivity index is 2.06. The number of anilines is 1. The van der Waals surface area contributed by atoms with Gasteiger partial charge in [-0.25, -0.2) is 0 Å². The van der Waals surface area contributed by atoms with Gasteiger partial charge >= 0.3 is 0 Å². The van der Waals surface area contributed by atoms with E-state index in [4.69, 9.17) is 14.2 Å². The number of benzene rings is 1. The molecule has 1 N–H and O–H groups in total. The van der Waals surface area contributed by atoms with Crippen molar-refractivity contribution in [2.24, 2.45) is 0 Å². The number of methoxy groups -OCH3 is 2. The molecular weight excluding hydrogens is 234 g/mol. The van der Waals surface area contributed by atoms with E-state index in [1.54, 1.807) is 32.4 Å². The van der Waals surface area contributed by atoms with E-state index >= 15 is 0 Å². The Kier molecular flexibility index (Phi) is 4.04. The van der Waals surface area contributed by atoms with E-state index in [1.807, 2.05) is 0 Å². The molecule has 0 spiro atoms. The van der Waals surface area contributed by atoms with E-state index in [0.29, 0.717) is 23.8 Å². The first-order valence-electron chi connectivity index (χ1n) is 5.89. The maximum atomic E-state index is 11.9. The highest BCUT2D eigenvalue weighted by Gasteiger charge is 2.23. The third kappa shape index (κ3) is 2.73. The van der Waals surface area contributed by atoms with Crippen molar-refractivity contribution in [2.75, 3.05) is 26.1 Å². The molecule has 0 aliphatic carbocycles. The molecule has 1 heterocycles. The molecule has 2 rings (SSSR count). The van der Waals surface area contributed by atoms with Crippen LogP contribution in [0, 0.1) is 0 Å². The summed E-state index contributed by atoms with van der Waals surface area (Å²) in [7, 11) is 3.13. The van der Waals surface area contributed by atoms with Crippen molar-refractivity contribution < 1.29 is 19.0 Å². The maximum absolute atomic E-state index is 11.9. The lowest BCUT2D eigenvalue weighted by Crippen LogP contribution is -2.26. The molecular formula is C13H17NO4. The second kappa shape index (κ2) is 5.73. The van der Waals surface area contributed by atoms with Crippen molar-refractivity contribution >= 4 is 11.6 Å². The molecule has 5 heteroatoms. The van der Waals surface area contributed by atoms with E-state index in [9.17, 15) is 4.79 Å². The zero-order valence-electron chi connectivity index (χ0n) is 10.6. The van der Waals surface area contributed by atoms with Gasteiger partial charge in [-0.05, 0) is 25.0 Å². The van der Waals surface area contributed by atoms with Crippen LogP contribution in [0.1, 0.15) is 12.8 Å². The number of ether oxygens (including phenoxy) is 3. The van der Waals surface area contributed by atoms with Gasteiger partial charge in [0.1, 0.15) is 6.10 Å². The van der Waals surface area contributed by atoms with Crippen LogP contribution in [0.3, 0.4) is 0 Å². The fraction of sp³-hybridized carbons (Fsp3) is 0.462. The lowest BCUT2D eigenvalue weighted by Gasteiger charge is -2.12. The van der Waals surface area contributed by atoms with Crippen LogP contribution in [0.15, 0.2) is 18.2 Å². The van der Waals surface area contributed by atoms with Crippen molar-refractivity contribution in [3.05, 3.63) is 18.2 Å². The van der Waals surface area contributed by atoms with Gasteiger partial charge in [-0.3, -0.25) is 4.79 Å².